The molecule has 0 saturated heterocycles. The third kappa shape index (κ3) is 5.43. The molecule has 0 aromatic heterocycles. The minimum Gasteiger partial charge on any atom is -0.122 e. The van der Waals surface area contributed by atoms with Gasteiger partial charge in [0, 0.05) is 5.75 Å². The summed E-state index contributed by atoms with van der Waals surface area (Å²) in [6.07, 6.45) is 0. The lowest BCUT2D eigenvalue weighted by Gasteiger charge is -1.98. The molecule has 3 heteroatoms. The Balaban J connectivity index is 3.18. The maximum Gasteiger partial charge on any atom is 0.133 e. The minimum atomic E-state index is 0.553. The second-order valence-electron chi connectivity index (χ2n) is 1.53. The number of hydrogen-bond donors (Lipinski definition) is 0. The highest BCUT2D eigenvalue weighted by molar-refractivity contribution is 8.74. The van der Waals surface area contributed by atoms with Crippen molar-refractivity contribution in [1.82, 2.24) is 0 Å². The largest absolute Gasteiger partial charge is 0.133 e. The Bertz CT molecular complexity index is 53.0. The van der Waals surface area contributed by atoms with E-state index >= 15 is 0 Å². The van der Waals surface area contributed by atoms with E-state index in [9.17, 15) is 0 Å². The third-order valence-electron chi connectivity index (χ3n) is 0.911. The normalized spacial score (nSPS) is 13.7. The summed E-state index contributed by atoms with van der Waals surface area (Å²) in [7, 11) is 2.60. The van der Waals surface area contributed by atoms with Gasteiger partial charge >= 0.3 is 0 Å². The maximum absolute atomic E-state index is 5.60. The molecule has 0 spiro atoms. The lowest BCUT2D eigenvalue weighted by molar-refractivity contribution is 1.45. The van der Waals surface area contributed by atoms with Crippen molar-refractivity contribution in [2.24, 2.45) is 0 Å². The molecule has 0 N–H and O–H groups in total. The van der Waals surface area contributed by atoms with Gasteiger partial charge < -0.3 is 0 Å². The molecule has 0 aromatic rings. The van der Waals surface area contributed by atoms with Gasteiger partial charge in [-0.1, -0.05) is 6.92 Å². The van der Waals surface area contributed by atoms with Gasteiger partial charge in [0.1, 0.15) is 11.5 Å². The van der Waals surface area contributed by atoms with Crippen LogP contribution in [0.15, 0.2) is 0 Å². The number of alkyl halides is 1. The highest BCUT2D eigenvalue weighted by Gasteiger charge is 2.13. The van der Waals surface area contributed by atoms with Crippen LogP contribution in [0, 0.1) is 0 Å². The van der Waals surface area contributed by atoms with Crippen LogP contribution in [0.5, 0.6) is 0 Å². The average Bonchev–Trinajstić information content (AvgIpc) is 1.88. The Kier molecular flexibility index (Phi) is 7.88. The lowest BCUT2D eigenvalue weighted by Crippen LogP contribution is -2.06. The first-order valence-electron chi connectivity index (χ1n) is 3.21. The first-order valence-corrected chi connectivity index (χ1v) is 6.81. The van der Waals surface area contributed by atoms with E-state index in [1.54, 1.807) is 0 Å². The second-order valence-corrected chi connectivity index (χ2v) is 6.71. The van der Waals surface area contributed by atoms with E-state index in [0.29, 0.717) is 9.93 Å². The van der Waals surface area contributed by atoms with Gasteiger partial charge in [0.15, 0.2) is 0 Å². The Hall–Kier alpha value is 0.990. The fourth-order valence-corrected chi connectivity index (χ4v) is 4.55. The highest BCUT2D eigenvalue weighted by atomic mass is 35.5. The molecular weight excluding hydrogens is 172 g/mol. The summed E-state index contributed by atoms with van der Waals surface area (Å²) in [4.78, 5) is 0. The van der Waals surface area contributed by atoms with Crippen LogP contribution in [0.1, 0.15) is 13.8 Å². The van der Waals surface area contributed by atoms with Crippen LogP contribution in [-0.2, 0) is 9.93 Å². The smallest absolute Gasteiger partial charge is 0.122 e. The monoisotopic (exact) mass is 185 g/mol. The fraction of sp³-hybridized carbons (Fsp3) is 1.00. The van der Waals surface area contributed by atoms with Gasteiger partial charge in [0.2, 0.25) is 0 Å². The molecule has 0 aromatic carbocycles. The molecule has 0 heterocycles. The SMILES string of the molecule is CCS[S+](CC)CCCl. The summed E-state index contributed by atoms with van der Waals surface area (Å²) in [5, 5.41) is 0. The molecule has 0 aliphatic heterocycles. The zero-order valence-electron chi connectivity index (χ0n) is 6.02. The Morgan fingerprint density at radius 1 is 1.44 bits per heavy atom. The third-order valence-corrected chi connectivity index (χ3v) is 6.11. The van der Waals surface area contributed by atoms with Crippen LogP contribution in [0.4, 0.5) is 0 Å². The van der Waals surface area contributed by atoms with Crippen molar-refractivity contribution >= 4 is 32.3 Å². The Labute approximate surface area is 69.5 Å². The molecule has 0 amide bonds. The standard InChI is InChI=1S/C6H14ClS2/c1-3-8-9(4-2)6-5-7/h3-6H2,1-2H3/q+1. The number of halogens is 1. The van der Waals surface area contributed by atoms with Crippen molar-refractivity contribution in [2.45, 2.75) is 13.8 Å². The molecule has 0 nitrogen and oxygen atoms in total. The van der Waals surface area contributed by atoms with Crippen LogP contribution in [0.3, 0.4) is 0 Å². The number of rotatable bonds is 5. The quantitative estimate of drug-likeness (QED) is 0.361. The molecule has 0 aliphatic carbocycles. The van der Waals surface area contributed by atoms with Crippen molar-refractivity contribution in [3.05, 3.63) is 0 Å². The second kappa shape index (κ2) is 7.10. The first-order chi connectivity index (χ1) is 4.35. The van der Waals surface area contributed by atoms with E-state index in [0.717, 1.165) is 5.88 Å². The molecule has 56 valence electrons. The van der Waals surface area contributed by atoms with Gasteiger partial charge in [0.05, 0.1) is 26.6 Å². The Morgan fingerprint density at radius 2 is 2.11 bits per heavy atom. The van der Waals surface area contributed by atoms with Crippen LogP contribution >= 0.6 is 22.4 Å². The van der Waals surface area contributed by atoms with E-state index in [1.807, 2.05) is 10.8 Å². The summed E-state index contributed by atoms with van der Waals surface area (Å²) in [6, 6.07) is 0. The van der Waals surface area contributed by atoms with Gasteiger partial charge in [-0.15, -0.1) is 11.6 Å². The predicted octanol–water partition coefficient (Wildman–Crippen LogP) is 2.53. The molecule has 0 bridgehead atoms. The molecule has 0 radical (unpaired) electrons. The summed E-state index contributed by atoms with van der Waals surface area (Å²) in [5.41, 5.74) is 0. The summed E-state index contributed by atoms with van der Waals surface area (Å²) < 4.78 is 0. The van der Waals surface area contributed by atoms with Gasteiger partial charge in [-0.3, -0.25) is 0 Å². The predicted molar refractivity (Wildman–Crippen MR) is 51.6 cm³/mol. The topological polar surface area (TPSA) is 0 Å². The van der Waals surface area contributed by atoms with Gasteiger partial charge in [-0.2, -0.15) is 0 Å². The van der Waals surface area contributed by atoms with E-state index < -0.39 is 0 Å². The first kappa shape index (κ1) is 9.99. The minimum absolute atomic E-state index is 0.553. The van der Waals surface area contributed by atoms with Crippen molar-refractivity contribution in [2.75, 3.05) is 23.1 Å². The van der Waals surface area contributed by atoms with E-state index in [4.69, 9.17) is 11.6 Å². The van der Waals surface area contributed by atoms with Crippen LogP contribution in [0.2, 0.25) is 0 Å². The van der Waals surface area contributed by atoms with Gasteiger partial charge in [-0.25, -0.2) is 0 Å². The van der Waals surface area contributed by atoms with E-state index in [2.05, 4.69) is 13.8 Å². The maximum atomic E-state index is 5.60. The molecule has 0 rings (SSSR count). The lowest BCUT2D eigenvalue weighted by atomic mass is 11.0. The molecular formula is C6H14ClS2+. The van der Waals surface area contributed by atoms with Crippen LogP contribution in [0.25, 0.3) is 0 Å². The van der Waals surface area contributed by atoms with Crippen molar-refractivity contribution in [3.8, 4) is 0 Å². The summed E-state index contributed by atoms with van der Waals surface area (Å²) >= 11 is 5.60. The molecule has 1 unspecified atom stereocenters. The van der Waals surface area contributed by atoms with Crippen molar-refractivity contribution in [3.63, 3.8) is 0 Å². The fourth-order valence-electron chi connectivity index (χ4n) is 0.539. The molecule has 0 saturated carbocycles. The molecule has 9 heavy (non-hydrogen) atoms. The summed E-state index contributed by atoms with van der Waals surface area (Å²) in [6.45, 7) is 4.44. The van der Waals surface area contributed by atoms with Crippen molar-refractivity contribution < 1.29 is 0 Å². The van der Waals surface area contributed by atoms with E-state index in [-0.39, 0.29) is 0 Å². The van der Waals surface area contributed by atoms with E-state index in [1.165, 1.54) is 17.3 Å². The zero-order chi connectivity index (χ0) is 7.11. The van der Waals surface area contributed by atoms with Crippen LogP contribution < -0.4 is 0 Å². The van der Waals surface area contributed by atoms with Gasteiger partial charge in [0.25, 0.3) is 0 Å². The van der Waals surface area contributed by atoms with Crippen LogP contribution in [-0.4, -0.2) is 23.1 Å². The van der Waals surface area contributed by atoms with Crippen molar-refractivity contribution in [1.29, 1.82) is 0 Å². The average molecular weight is 186 g/mol. The Morgan fingerprint density at radius 3 is 2.44 bits per heavy atom. The molecule has 0 aliphatic rings. The van der Waals surface area contributed by atoms with Gasteiger partial charge in [-0.05, 0) is 6.92 Å². The highest BCUT2D eigenvalue weighted by Crippen LogP contribution is 2.15. The zero-order valence-corrected chi connectivity index (χ0v) is 8.41. The molecule has 1 atom stereocenters. The number of hydrogen-bond acceptors (Lipinski definition) is 1. The summed E-state index contributed by atoms with van der Waals surface area (Å²) in [5.74, 6) is 4.53. The molecule has 0 fully saturated rings.